The van der Waals surface area contributed by atoms with Crippen molar-refractivity contribution in [2.75, 3.05) is 5.32 Å². The number of anilines is 1. The van der Waals surface area contributed by atoms with E-state index in [1.54, 1.807) is 0 Å². The number of aryl methyl sites for hydroxylation is 3. The third-order valence-electron chi connectivity index (χ3n) is 4.51. The molecule has 1 N–H and O–H groups in total. The Morgan fingerprint density at radius 3 is 2.46 bits per heavy atom. The van der Waals surface area contributed by atoms with Crippen LogP contribution in [0.4, 0.5) is 5.13 Å². The van der Waals surface area contributed by atoms with Gasteiger partial charge in [0.15, 0.2) is 5.13 Å². The first-order chi connectivity index (χ1) is 12.4. The number of thiazole rings is 1. The summed E-state index contributed by atoms with van der Waals surface area (Å²) in [6.07, 6.45) is 1.10. The van der Waals surface area contributed by atoms with E-state index in [9.17, 15) is 4.79 Å². The molecule has 0 fully saturated rings. The lowest BCUT2D eigenvalue weighted by Gasteiger charge is -2.07. The maximum atomic E-state index is 12.5. The molecule has 0 saturated heterocycles. The Kier molecular flexibility index (Phi) is 5.28. The topological polar surface area (TPSA) is 46.9 Å². The van der Waals surface area contributed by atoms with E-state index in [1.165, 1.54) is 22.7 Å². The third kappa shape index (κ3) is 3.73. The number of hydrogen-bond donors (Lipinski definition) is 1. The molecule has 1 amide bonds. The van der Waals surface area contributed by atoms with Crippen LogP contribution in [0.25, 0.3) is 11.3 Å². The molecule has 0 spiro atoms. The molecule has 2 aromatic heterocycles. The van der Waals surface area contributed by atoms with Crippen molar-refractivity contribution in [3.05, 3.63) is 57.7 Å². The second kappa shape index (κ2) is 7.46. The largest absolute Gasteiger partial charge is 0.348 e. The number of carbonyl (C=O) groups is 1. The van der Waals surface area contributed by atoms with E-state index in [1.807, 2.05) is 31.4 Å². The summed E-state index contributed by atoms with van der Waals surface area (Å²) in [6.45, 7) is 11.4. The molecule has 0 aliphatic heterocycles. The molecule has 0 unspecified atom stereocenters. The van der Waals surface area contributed by atoms with Crippen LogP contribution >= 0.6 is 11.3 Å². The molecular formula is C21H25N3OS. The number of hydrogen-bond acceptors (Lipinski definition) is 3. The fourth-order valence-corrected chi connectivity index (χ4v) is 4.06. The SMILES string of the molecule is CCCn1c(C)cc(-c2csc(NC(=O)c3cc(C)cc(C)c3)n2)c1C. The predicted molar refractivity (Wildman–Crippen MR) is 109 cm³/mol. The molecule has 0 aliphatic rings. The maximum Gasteiger partial charge on any atom is 0.257 e. The van der Waals surface area contributed by atoms with Gasteiger partial charge in [-0.25, -0.2) is 4.98 Å². The van der Waals surface area contributed by atoms with Crippen molar-refractivity contribution in [1.29, 1.82) is 0 Å². The van der Waals surface area contributed by atoms with Gasteiger partial charge in [-0.1, -0.05) is 24.1 Å². The summed E-state index contributed by atoms with van der Waals surface area (Å²) in [5, 5.41) is 5.57. The minimum Gasteiger partial charge on any atom is -0.348 e. The van der Waals surface area contributed by atoms with Gasteiger partial charge in [0.2, 0.25) is 0 Å². The van der Waals surface area contributed by atoms with E-state index in [4.69, 9.17) is 0 Å². The number of aromatic nitrogens is 2. The lowest BCUT2D eigenvalue weighted by molar-refractivity contribution is 0.102. The fraction of sp³-hybridized carbons (Fsp3) is 0.333. The first-order valence-corrected chi connectivity index (χ1v) is 9.79. The smallest absolute Gasteiger partial charge is 0.257 e. The van der Waals surface area contributed by atoms with Gasteiger partial charge in [-0.05, 0) is 52.3 Å². The number of rotatable bonds is 5. The molecule has 4 nitrogen and oxygen atoms in total. The first kappa shape index (κ1) is 18.4. The summed E-state index contributed by atoms with van der Waals surface area (Å²) < 4.78 is 2.32. The Labute approximate surface area is 158 Å². The Hall–Kier alpha value is -2.40. The van der Waals surface area contributed by atoms with Crippen molar-refractivity contribution in [2.45, 2.75) is 47.6 Å². The van der Waals surface area contributed by atoms with Gasteiger partial charge in [0.1, 0.15) is 0 Å². The normalized spacial score (nSPS) is 11.0. The molecule has 0 atom stereocenters. The molecule has 3 aromatic rings. The maximum absolute atomic E-state index is 12.5. The van der Waals surface area contributed by atoms with Gasteiger partial charge in [-0.15, -0.1) is 11.3 Å². The molecular weight excluding hydrogens is 342 g/mol. The number of benzene rings is 1. The van der Waals surface area contributed by atoms with Crippen LogP contribution in [0.15, 0.2) is 29.6 Å². The zero-order chi connectivity index (χ0) is 18.8. The van der Waals surface area contributed by atoms with E-state index in [-0.39, 0.29) is 5.91 Å². The monoisotopic (exact) mass is 367 g/mol. The van der Waals surface area contributed by atoms with Crippen molar-refractivity contribution in [3.63, 3.8) is 0 Å². The highest BCUT2D eigenvalue weighted by atomic mass is 32.1. The number of nitrogens with zero attached hydrogens (tertiary/aromatic N) is 2. The lowest BCUT2D eigenvalue weighted by atomic mass is 10.1. The molecule has 0 saturated carbocycles. The van der Waals surface area contributed by atoms with Gasteiger partial charge < -0.3 is 4.57 Å². The van der Waals surface area contributed by atoms with E-state index in [0.29, 0.717) is 10.7 Å². The second-order valence-corrected chi connectivity index (χ2v) is 7.66. The van der Waals surface area contributed by atoms with Crippen LogP contribution in [-0.2, 0) is 6.54 Å². The van der Waals surface area contributed by atoms with Crippen molar-refractivity contribution < 1.29 is 4.79 Å². The van der Waals surface area contributed by atoms with E-state index >= 15 is 0 Å². The van der Waals surface area contributed by atoms with Gasteiger partial charge in [-0.2, -0.15) is 0 Å². The van der Waals surface area contributed by atoms with Gasteiger partial charge in [0, 0.05) is 34.4 Å². The summed E-state index contributed by atoms with van der Waals surface area (Å²) >= 11 is 1.46. The molecule has 5 heteroatoms. The van der Waals surface area contributed by atoms with Crippen LogP contribution in [0.1, 0.15) is 46.2 Å². The van der Waals surface area contributed by atoms with Crippen molar-refractivity contribution in [3.8, 4) is 11.3 Å². The summed E-state index contributed by atoms with van der Waals surface area (Å²) in [7, 11) is 0. The highest BCUT2D eigenvalue weighted by Crippen LogP contribution is 2.30. The minimum absolute atomic E-state index is 0.117. The molecule has 3 rings (SSSR count). The van der Waals surface area contributed by atoms with Gasteiger partial charge >= 0.3 is 0 Å². The summed E-state index contributed by atoms with van der Waals surface area (Å²) in [6, 6.07) is 8.03. The zero-order valence-electron chi connectivity index (χ0n) is 16.0. The quantitative estimate of drug-likeness (QED) is 0.646. The Morgan fingerprint density at radius 2 is 1.81 bits per heavy atom. The van der Waals surface area contributed by atoms with Crippen molar-refractivity contribution >= 4 is 22.4 Å². The molecule has 0 radical (unpaired) electrons. The standard InChI is InChI=1S/C21H25N3OS/c1-6-7-24-15(4)11-18(16(24)5)19-12-26-21(22-19)23-20(25)17-9-13(2)8-14(3)10-17/h8-12H,6-7H2,1-5H3,(H,22,23,25). The van der Waals surface area contributed by atoms with Gasteiger partial charge in [0.25, 0.3) is 5.91 Å². The second-order valence-electron chi connectivity index (χ2n) is 6.80. The van der Waals surface area contributed by atoms with Gasteiger partial charge in [-0.3, -0.25) is 10.1 Å². The summed E-state index contributed by atoms with van der Waals surface area (Å²) in [4.78, 5) is 17.2. The number of amides is 1. The highest BCUT2D eigenvalue weighted by Gasteiger charge is 2.15. The zero-order valence-corrected chi connectivity index (χ0v) is 16.8. The van der Waals surface area contributed by atoms with E-state index < -0.39 is 0 Å². The first-order valence-electron chi connectivity index (χ1n) is 8.91. The molecule has 2 heterocycles. The van der Waals surface area contributed by atoms with Crippen molar-refractivity contribution in [1.82, 2.24) is 9.55 Å². The average molecular weight is 368 g/mol. The average Bonchev–Trinajstić information content (AvgIpc) is 3.13. The molecule has 136 valence electrons. The van der Waals surface area contributed by atoms with Gasteiger partial charge in [0.05, 0.1) is 5.69 Å². The van der Waals surface area contributed by atoms with Crippen molar-refractivity contribution in [2.24, 2.45) is 0 Å². The highest BCUT2D eigenvalue weighted by molar-refractivity contribution is 7.14. The van der Waals surface area contributed by atoms with Crippen LogP contribution in [0.3, 0.4) is 0 Å². The fourth-order valence-electron chi connectivity index (χ4n) is 3.36. The third-order valence-corrected chi connectivity index (χ3v) is 5.26. The summed E-state index contributed by atoms with van der Waals surface area (Å²) in [5.74, 6) is -0.117. The Bertz CT molecular complexity index is 932. The predicted octanol–water partition coefficient (Wildman–Crippen LogP) is 5.51. The van der Waals surface area contributed by atoms with E-state index in [2.05, 4.69) is 47.8 Å². The van der Waals surface area contributed by atoms with Crippen LogP contribution in [0.5, 0.6) is 0 Å². The molecule has 1 aromatic carbocycles. The lowest BCUT2D eigenvalue weighted by Crippen LogP contribution is -2.12. The number of carbonyl (C=O) groups excluding carboxylic acids is 1. The van der Waals surface area contributed by atoms with Crippen LogP contribution in [-0.4, -0.2) is 15.5 Å². The molecule has 0 aliphatic carbocycles. The van der Waals surface area contributed by atoms with Crippen LogP contribution in [0, 0.1) is 27.7 Å². The van der Waals surface area contributed by atoms with Crippen LogP contribution in [0.2, 0.25) is 0 Å². The summed E-state index contributed by atoms with van der Waals surface area (Å²) in [5.41, 5.74) is 7.35. The Morgan fingerprint density at radius 1 is 1.12 bits per heavy atom. The molecule has 26 heavy (non-hydrogen) atoms. The van der Waals surface area contributed by atoms with E-state index in [0.717, 1.165) is 35.3 Å². The van der Waals surface area contributed by atoms with Crippen LogP contribution < -0.4 is 5.32 Å². The minimum atomic E-state index is -0.117. The molecule has 0 bridgehead atoms. The Balaban J connectivity index is 1.82. The number of nitrogens with one attached hydrogen (secondary N) is 1.